The van der Waals surface area contributed by atoms with Gasteiger partial charge in [0, 0.05) is 10.2 Å². The second kappa shape index (κ2) is 18.6. The Balaban J connectivity index is 0.000000711. The molecule has 0 heterocycles. The second-order valence-corrected chi connectivity index (χ2v) is 33.2. The maximum absolute atomic E-state index is 6.24. The first kappa shape index (κ1) is 37.3. The van der Waals surface area contributed by atoms with Gasteiger partial charge in [-0.25, -0.2) is 0 Å². The third-order valence-electron chi connectivity index (χ3n) is 6.38. The van der Waals surface area contributed by atoms with Crippen molar-refractivity contribution in [1.29, 1.82) is 0 Å². The zero-order valence-electron chi connectivity index (χ0n) is 23.7. The number of allylic oxidation sites excluding steroid dienone is 4. The van der Waals surface area contributed by atoms with Crippen LogP contribution in [0.1, 0.15) is 21.3 Å². The van der Waals surface area contributed by atoms with Crippen molar-refractivity contribution in [2.75, 3.05) is 13.2 Å². The van der Waals surface area contributed by atoms with Crippen LogP contribution in [0.15, 0.2) is 99.2 Å². The van der Waals surface area contributed by atoms with Crippen LogP contribution in [0.2, 0.25) is 39.0 Å². The number of hydrogen-bond acceptors (Lipinski definition) is 2. The van der Waals surface area contributed by atoms with E-state index in [1.165, 1.54) is 13.9 Å². The Kier molecular flexibility index (Phi) is 18.2. The molecule has 0 spiro atoms. The SMILES string of the molecule is C.C=CC[Si](CC=C)(OCC)c1cc[c]([Sn]([CH3])([CH3])[CH3])cc1.C=CC[Si](CC=C)(OCC)c1ccc(I)cc1. The van der Waals surface area contributed by atoms with Crippen molar-refractivity contribution in [3.63, 3.8) is 0 Å². The number of rotatable bonds is 15. The van der Waals surface area contributed by atoms with Gasteiger partial charge in [-0.05, 0) is 58.9 Å². The molecule has 0 amide bonds. The van der Waals surface area contributed by atoms with Gasteiger partial charge in [0.1, 0.15) is 0 Å². The van der Waals surface area contributed by atoms with E-state index in [2.05, 4.69) is 126 Å². The summed E-state index contributed by atoms with van der Waals surface area (Å²) >= 11 is 0.358. The second-order valence-electron chi connectivity index (χ2n) is 10.2. The molecule has 0 saturated carbocycles. The van der Waals surface area contributed by atoms with E-state index in [4.69, 9.17) is 8.85 Å². The van der Waals surface area contributed by atoms with E-state index in [1.807, 2.05) is 24.3 Å². The largest absolute Gasteiger partial charge is 0.412 e. The Morgan fingerprint density at radius 1 is 0.658 bits per heavy atom. The molecule has 6 heteroatoms. The predicted octanol–water partition coefficient (Wildman–Crippen LogP) is 8.28. The van der Waals surface area contributed by atoms with Crippen molar-refractivity contribution in [3.8, 4) is 0 Å². The van der Waals surface area contributed by atoms with Crippen molar-refractivity contribution in [2.45, 2.75) is 60.3 Å². The summed E-state index contributed by atoms with van der Waals surface area (Å²) in [5, 5.41) is 2.71. The summed E-state index contributed by atoms with van der Waals surface area (Å²) < 4.78 is 15.2. The third kappa shape index (κ3) is 11.0. The topological polar surface area (TPSA) is 18.5 Å². The van der Waals surface area contributed by atoms with E-state index in [0.717, 1.165) is 37.4 Å². The van der Waals surface area contributed by atoms with Crippen molar-refractivity contribution in [3.05, 3.63) is 103 Å². The first-order valence-corrected chi connectivity index (χ1v) is 28.9. The summed E-state index contributed by atoms with van der Waals surface area (Å²) in [6.45, 7) is 21.2. The molecular formula is C32H51IO2Si2Sn. The third-order valence-corrected chi connectivity index (χ3v) is 21.2. The minimum absolute atomic E-state index is 0. The monoisotopic (exact) mass is 770 g/mol. The quantitative estimate of drug-likeness (QED) is 0.103. The van der Waals surface area contributed by atoms with Gasteiger partial charge in [-0.2, -0.15) is 0 Å². The van der Waals surface area contributed by atoms with Crippen LogP contribution in [-0.2, 0) is 8.85 Å². The number of benzene rings is 2. The Hall–Kier alpha value is -0.718. The molecule has 2 nitrogen and oxygen atoms in total. The molecule has 0 atom stereocenters. The van der Waals surface area contributed by atoms with Gasteiger partial charge in [-0.3, -0.25) is 0 Å². The van der Waals surface area contributed by atoms with Crippen LogP contribution in [0, 0.1) is 3.57 Å². The van der Waals surface area contributed by atoms with E-state index in [-0.39, 0.29) is 7.43 Å². The first-order chi connectivity index (χ1) is 17.6. The van der Waals surface area contributed by atoms with Crippen LogP contribution in [0.3, 0.4) is 0 Å². The Morgan fingerprint density at radius 2 is 0.974 bits per heavy atom. The molecule has 0 radical (unpaired) electrons. The van der Waals surface area contributed by atoms with Crippen LogP contribution in [0.25, 0.3) is 0 Å². The fraction of sp³-hybridized carbons (Fsp3) is 0.375. The van der Waals surface area contributed by atoms with Crippen LogP contribution >= 0.6 is 22.6 Å². The van der Waals surface area contributed by atoms with Gasteiger partial charge in [0.25, 0.3) is 0 Å². The fourth-order valence-electron chi connectivity index (χ4n) is 4.55. The Bertz CT molecular complexity index is 962. The van der Waals surface area contributed by atoms with Gasteiger partial charge in [0.2, 0.25) is 8.32 Å². The zero-order chi connectivity index (χ0) is 28.0. The molecular weight excluding hydrogens is 718 g/mol. The molecule has 2 aromatic rings. The van der Waals surface area contributed by atoms with E-state index < -0.39 is 35.0 Å². The Labute approximate surface area is 254 Å². The average Bonchev–Trinajstić information content (AvgIpc) is 2.85. The minimum atomic E-state index is -1.97. The average molecular weight is 770 g/mol. The first-order valence-electron chi connectivity index (χ1n) is 13.2. The van der Waals surface area contributed by atoms with Gasteiger partial charge in [-0.15, -0.1) is 13.2 Å². The summed E-state index contributed by atoms with van der Waals surface area (Å²) in [7, 11) is -3.90. The van der Waals surface area contributed by atoms with Gasteiger partial charge >= 0.3 is 130 Å². The van der Waals surface area contributed by atoms with E-state index >= 15 is 0 Å². The van der Waals surface area contributed by atoms with Crippen LogP contribution in [0.5, 0.6) is 0 Å². The molecule has 0 aliphatic carbocycles. The maximum atomic E-state index is 6.24. The molecule has 2 rings (SSSR count). The molecule has 2 aromatic carbocycles. The van der Waals surface area contributed by atoms with Crippen molar-refractivity contribution >= 4 is 71.6 Å². The van der Waals surface area contributed by atoms with Gasteiger partial charge in [0.05, 0.1) is 0 Å². The minimum Gasteiger partial charge on any atom is -0.412 e. The maximum Gasteiger partial charge on any atom is 0.231 e. The van der Waals surface area contributed by atoms with Crippen LogP contribution in [-0.4, -0.2) is 48.2 Å². The zero-order valence-corrected chi connectivity index (χ0v) is 30.7. The number of hydrogen-bond donors (Lipinski definition) is 0. The predicted molar refractivity (Wildman–Crippen MR) is 189 cm³/mol. The Morgan fingerprint density at radius 3 is 1.24 bits per heavy atom. The smallest absolute Gasteiger partial charge is 0.231 e. The molecule has 0 N–H and O–H groups in total. The summed E-state index contributed by atoms with van der Waals surface area (Å²) in [5.74, 6) is 0. The van der Waals surface area contributed by atoms with E-state index in [9.17, 15) is 0 Å². The molecule has 0 aliphatic heterocycles. The molecule has 0 unspecified atom stereocenters. The van der Waals surface area contributed by atoms with Crippen LogP contribution in [0.4, 0.5) is 0 Å². The molecule has 0 saturated heterocycles. The molecule has 0 aliphatic rings. The molecule has 210 valence electrons. The summed E-state index contributed by atoms with van der Waals surface area (Å²) in [4.78, 5) is 7.35. The molecule has 0 aromatic heterocycles. The molecule has 0 bridgehead atoms. The normalized spacial score (nSPS) is 11.4. The summed E-state index contributed by atoms with van der Waals surface area (Å²) in [5.41, 5.74) is 0. The summed E-state index contributed by atoms with van der Waals surface area (Å²) in [6, 6.07) is 21.7. The van der Waals surface area contributed by atoms with Gasteiger partial charge in [0.15, 0.2) is 0 Å². The van der Waals surface area contributed by atoms with Crippen molar-refractivity contribution in [2.24, 2.45) is 0 Å². The number of halogens is 1. The van der Waals surface area contributed by atoms with Gasteiger partial charge in [-0.1, -0.05) is 31.7 Å². The van der Waals surface area contributed by atoms with Crippen molar-refractivity contribution < 1.29 is 8.85 Å². The summed E-state index contributed by atoms with van der Waals surface area (Å²) in [6.07, 6.45) is 7.96. The van der Waals surface area contributed by atoms with E-state index in [0.29, 0.717) is 0 Å². The molecule has 38 heavy (non-hydrogen) atoms. The fourth-order valence-corrected chi connectivity index (χ4v) is 14.8. The van der Waals surface area contributed by atoms with Crippen LogP contribution < -0.4 is 14.0 Å². The van der Waals surface area contributed by atoms with Crippen molar-refractivity contribution in [1.82, 2.24) is 0 Å². The molecule has 0 fully saturated rings. The van der Waals surface area contributed by atoms with E-state index in [1.54, 1.807) is 3.58 Å². The van der Waals surface area contributed by atoms with Gasteiger partial charge < -0.3 is 4.43 Å². The standard InChI is InChI=1S/C14H19IOSi.C14H19OSi.CH4.3CH3.Sn/c1-4-11-17(12-5-2,16-6-3)14-9-7-13(15)8-10-14;1-4-12-16(13-5-2,15-6-3)14-10-8-7-9-11-14;;;;;/h4-5,7-10H,1-2,6,11-12H2,3H3;4-5,8-11H,1-2,6,12-13H2,3H3;1H4;3*1H3;.